The summed E-state index contributed by atoms with van der Waals surface area (Å²) in [5, 5.41) is 5.88. The van der Waals surface area contributed by atoms with Gasteiger partial charge in [-0.15, -0.1) is 0 Å². The second-order valence-corrected chi connectivity index (χ2v) is 10.3. The van der Waals surface area contributed by atoms with Crippen molar-refractivity contribution in [1.29, 1.82) is 0 Å². The summed E-state index contributed by atoms with van der Waals surface area (Å²) in [7, 11) is 7.89. The van der Waals surface area contributed by atoms with Crippen LogP contribution in [0.3, 0.4) is 0 Å². The van der Waals surface area contributed by atoms with Gasteiger partial charge in [-0.3, -0.25) is 9.59 Å². The molecule has 3 aromatic carbocycles. The van der Waals surface area contributed by atoms with E-state index in [2.05, 4.69) is 20.6 Å². The lowest BCUT2D eigenvalue weighted by atomic mass is 10.1. The lowest BCUT2D eigenvalue weighted by Crippen LogP contribution is -2.31. The Morgan fingerprint density at radius 3 is 1.43 bits per heavy atom. The standard InChI is InChI=1S/C30H34N8O2/c1-37(2)15-13-31-29(39)21-9-11-23-25(17-21)35-27(33-23)19-5-7-20(8-6-19)28-34-24-12-10-22(18-26(24)36-28)30(40)32-14-16-38(3)4/h5-12,17-18H,13-16H2,1-4H3,(H,31,39)(H,32,40)(H,33,35)(H,34,36). The summed E-state index contributed by atoms with van der Waals surface area (Å²) < 4.78 is 0. The van der Waals surface area contributed by atoms with E-state index >= 15 is 0 Å². The van der Waals surface area contributed by atoms with E-state index in [9.17, 15) is 9.59 Å². The number of fused-ring (bicyclic) bond motifs is 2. The number of imidazole rings is 2. The Morgan fingerprint density at radius 2 is 1.05 bits per heavy atom. The molecule has 2 heterocycles. The second kappa shape index (κ2) is 11.7. The van der Waals surface area contributed by atoms with E-state index in [1.165, 1.54) is 0 Å². The van der Waals surface area contributed by atoms with Gasteiger partial charge in [0.05, 0.1) is 22.1 Å². The molecule has 0 aliphatic carbocycles. The predicted molar refractivity (Wildman–Crippen MR) is 158 cm³/mol. The average molecular weight is 539 g/mol. The number of amides is 2. The summed E-state index contributed by atoms with van der Waals surface area (Å²) in [4.78, 5) is 45.1. The maximum absolute atomic E-state index is 12.5. The first-order chi connectivity index (χ1) is 19.3. The molecule has 0 saturated carbocycles. The number of likely N-dealkylation sites (N-methyl/N-ethyl adjacent to an activating group) is 2. The smallest absolute Gasteiger partial charge is 0.251 e. The normalized spacial score (nSPS) is 11.6. The van der Waals surface area contributed by atoms with E-state index in [0.29, 0.717) is 24.2 Å². The maximum atomic E-state index is 12.5. The zero-order chi connectivity index (χ0) is 28.2. The Hall–Kier alpha value is -4.54. The number of hydrogen-bond donors (Lipinski definition) is 4. The summed E-state index contributed by atoms with van der Waals surface area (Å²) in [5.74, 6) is 1.24. The molecule has 0 unspecified atom stereocenters. The molecular weight excluding hydrogens is 504 g/mol. The Morgan fingerprint density at radius 1 is 0.650 bits per heavy atom. The number of aromatic amines is 2. The van der Waals surface area contributed by atoms with E-state index in [-0.39, 0.29) is 11.8 Å². The molecule has 2 amide bonds. The molecule has 2 aromatic heterocycles. The molecule has 10 nitrogen and oxygen atoms in total. The highest BCUT2D eigenvalue weighted by Gasteiger charge is 2.13. The van der Waals surface area contributed by atoms with E-state index in [1.54, 1.807) is 12.1 Å². The van der Waals surface area contributed by atoms with Crippen molar-refractivity contribution in [1.82, 2.24) is 40.4 Å². The molecule has 5 rings (SSSR count). The van der Waals surface area contributed by atoms with Gasteiger partial charge in [0.1, 0.15) is 11.6 Å². The van der Waals surface area contributed by atoms with Crippen LogP contribution in [-0.2, 0) is 0 Å². The zero-order valence-electron chi connectivity index (χ0n) is 23.2. The van der Waals surface area contributed by atoms with Crippen LogP contribution in [0.1, 0.15) is 20.7 Å². The number of rotatable bonds is 10. The molecule has 0 spiro atoms. The third-order valence-electron chi connectivity index (χ3n) is 6.61. The predicted octanol–water partition coefficient (Wildman–Crippen LogP) is 3.36. The Bertz CT molecular complexity index is 1530. The number of hydrogen-bond acceptors (Lipinski definition) is 6. The van der Waals surface area contributed by atoms with E-state index in [4.69, 9.17) is 9.97 Å². The minimum Gasteiger partial charge on any atom is -0.351 e. The van der Waals surface area contributed by atoms with Crippen molar-refractivity contribution in [3.05, 3.63) is 71.8 Å². The van der Waals surface area contributed by atoms with Crippen LogP contribution < -0.4 is 10.6 Å². The molecule has 0 saturated heterocycles. The highest BCUT2D eigenvalue weighted by atomic mass is 16.2. The molecule has 5 aromatic rings. The van der Waals surface area contributed by atoms with Crippen molar-refractivity contribution in [3.8, 4) is 22.8 Å². The van der Waals surface area contributed by atoms with Crippen LogP contribution in [0.2, 0.25) is 0 Å². The van der Waals surface area contributed by atoms with Crippen molar-refractivity contribution in [2.24, 2.45) is 0 Å². The summed E-state index contributed by atoms with van der Waals surface area (Å²) in [5.41, 5.74) is 6.23. The third-order valence-corrected chi connectivity index (χ3v) is 6.61. The molecule has 10 heteroatoms. The van der Waals surface area contributed by atoms with Crippen LogP contribution in [0.4, 0.5) is 0 Å². The van der Waals surface area contributed by atoms with Gasteiger partial charge in [-0.05, 0) is 64.6 Å². The quantitative estimate of drug-likeness (QED) is 0.216. The molecule has 0 aliphatic heterocycles. The lowest BCUT2D eigenvalue weighted by molar-refractivity contribution is 0.0943. The summed E-state index contributed by atoms with van der Waals surface area (Å²) in [6.45, 7) is 2.73. The number of nitrogens with zero attached hydrogens (tertiary/aromatic N) is 4. The van der Waals surface area contributed by atoms with Crippen LogP contribution in [0.5, 0.6) is 0 Å². The fourth-order valence-electron chi connectivity index (χ4n) is 4.35. The van der Waals surface area contributed by atoms with Crippen molar-refractivity contribution >= 4 is 33.9 Å². The molecule has 4 N–H and O–H groups in total. The number of carbonyl (C=O) groups excluding carboxylic acids is 2. The highest BCUT2D eigenvalue weighted by molar-refractivity contribution is 5.98. The number of H-pyrrole nitrogens is 2. The topological polar surface area (TPSA) is 122 Å². The number of aromatic nitrogens is 4. The van der Waals surface area contributed by atoms with E-state index in [0.717, 1.165) is 57.9 Å². The van der Waals surface area contributed by atoms with Crippen LogP contribution >= 0.6 is 0 Å². The Labute approximate surface area is 232 Å². The third kappa shape index (κ3) is 6.19. The highest BCUT2D eigenvalue weighted by Crippen LogP contribution is 2.26. The van der Waals surface area contributed by atoms with Crippen LogP contribution in [-0.4, -0.2) is 95.9 Å². The van der Waals surface area contributed by atoms with Crippen molar-refractivity contribution in [3.63, 3.8) is 0 Å². The van der Waals surface area contributed by atoms with Crippen molar-refractivity contribution < 1.29 is 9.59 Å². The van der Waals surface area contributed by atoms with Gasteiger partial charge < -0.3 is 30.4 Å². The Kier molecular flexibility index (Phi) is 7.90. The fourth-order valence-corrected chi connectivity index (χ4v) is 4.35. The van der Waals surface area contributed by atoms with Crippen molar-refractivity contribution in [2.45, 2.75) is 0 Å². The van der Waals surface area contributed by atoms with Crippen LogP contribution in [0.15, 0.2) is 60.7 Å². The molecule has 0 fully saturated rings. The first kappa shape index (κ1) is 27.0. The van der Waals surface area contributed by atoms with Gasteiger partial charge in [-0.2, -0.15) is 0 Å². The van der Waals surface area contributed by atoms with Crippen molar-refractivity contribution in [2.75, 3.05) is 54.4 Å². The van der Waals surface area contributed by atoms with Gasteiger partial charge in [0, 0.05) is 48.4 Å². The minimum atomic E-state index is -0.104. The van der Waals surface area contributed by atoms with Gasteiger partial charge in [-0.25, -0.2) is 9.97 Å². The monoisotopic (exact) mass is 538 g/mol. The fraction of sp³-hybridized carbons (Fsp3) is 0.267. The summed E-state index contributed by atoms with van der Waals surface area (Å²) >= 11 is 0. The first-order valence-electron chi connectivity index (χ1n) is 13.2. The largest absolute Gasteiger partial charge is 0.351 e. The maximum Gasteiger partial charge on any atom is 0.251 e. The first-order valence-corrected chi connectivity index (χ1v) is 13.2. The lowest BCUT2D eigenvalue weighted by Gasteiger charge is -2.10. The van der Waals surface area contributed by atoms with Gasteiger partial charge >= 0.3 is 0 Å². The molecule has 206 valence electrons. The molecule has 0 bridgehead atoms. The number of benzene rings is 3. The van der Waals surface area contributed by atoms with Gasteiger partial charge in [-0.1, -0.05) is 24.3 Å². The van der Waals surface area contributed by atoms with E-state index in [1.807, 2.05) is 86.5 Å². The molecule has 0 radical (unpaired) electrons. The van der Waals surface area contributed by atoms with E-state index < -0.39 is 0 Å². The Balaban J connectivity index is 1.30. The molecule has 0 atom stereocenters. The number of nitrogens with one attached hydrogen (secondary N) is 4. The molecule has 40 heavy (non-hydrogen) atoms. The van der Waals surface area contributed by atoms with Crippen LogP contribution in [0, 0.1) is 0 Å². The van der Waals surface area contributed by atoms with Gasteiger partial charge in [0.15, 0.2) is 0 Å². The van der Waals surface area contributed by atoms with Gasteiger partial charge in [0.25, 0.3) is 11.8 Å². The second-order valence-electron chi connectivity index (χ2n) is 10.3. The van der Waals surface area contributed by atoms with Gasteiger partial charge in [0.2, 0.25) is 0 Å². The van der Waals surface area contributed by atoms with Crippen LogP contribution in [0.25, 0.3) is 44.8 Å². The zero-order valence-corrected chi connectivity index (χ0v) is 23.2. The summed E-state index contributed by atoms with van der Waals surface area (Å²) in [6.07, 6.45) is 0. The number of carbonyl (C=O) groups is 2. The average Bonchev–Trinajstić information content (AvgIpc) is 3.56. The molecular formula is C30H34N8O2. The SMILES string of the molecule is CN(C)CCNC(=O)c1ccc2nc(-c3ccc(-c4nc5ccc(C(=O)NCCN(C)C)cc5[nH]4)cc3)[nH]c2c1. The minimum absolute atomic E-state index is 0.104. The molecule has 0 aliphatic rings. The summed E-state index contributed by atoms with van der Waals surface area (Å²) in [6, 6.07) is 18.9.